The predicted octanol–water partition coefficient (Wildman–Crippen LogP) is 2.36. The first-order valence-corrected chi connectivity index (χ1v) is 6.98. The molecule has 1 N–H and O–H groups in total. The zero-order chi connectivity index (χ0) is 11.1. The van der Waals surface area contributed by atoms with E-state index in [1.54, 1.807) is 11.3 Å². The van der Waals surface area contributed by atoms with Crippen LogP contribution in [-0.4, -0.2) is 23.2 Å². The van der Waals surface area contributed by atoms with E-state index in [2.05, 4.69) is 16.8 Å². The monoisotopic (exact) mass is 238 g/mol. The van der Waals surface area contributed by atoms with Gasteiger partial charge in [-0.2, -0.15) is 0 Å². The Morgan fingerprint density at radius 3 is 3.00 bits per heavy atom. The van der Waals surface area contributed by atoms with Gasteiger partial charge in [0.15, 0.2) is 5.13 Å². The fourth-order valence-electron chi connectivity index (χ4n) is 2.63. The molecule has 0 bridgehead atoms. The quantitative estimate of drug-likeness (QED) is 0.816. The molecule has 4 heteroatoms. The van der Waals surface area contributed by atoms with Crippen LogP contribution in [0.3, 0.4) is 0 Å². The molecule has 2 unspecified atom stereocenters. The summed E-state index contributed by atoms with van der Waals surface area (Å²) in [7, 11) is 0. The summed E-state index contributed by atoms with van der Waals surface area (Å²) in [6.07, 6.45) is 4.05. The zero-order valence-corrected chi connectivity index (χ0v) is 10.5. The molecule has 1 aromatic heterocycles. The molecule has 0 spiro atoms. The Balaban J connectivity index is 1.86. The maximum absolute atomic E-state index is 9.90. The second-order valence-corrected chi connectivity index (χ2v) is 6.11. The molecule has 1 fully saturated rings. The molecule has 1 aromatic rings. The van der Waals surface area contributed by atoms with Crippen molar-refractivity contribution in [2.24, 2.45) is 5.92 Å². The highest BCUT2D eigenvalue weighted by Crippen LogP contribution is 2.37. The maximum Gasteiger partial charge on any atom is 0.185 e. The van der Waals surface area contributed by atoms with E-state index in [-0.39, 0.29) is 6.10 Å². The average molecular weight is 238 g/mol. The number of anilines is 1. The molecule has 0 aromatic carbocycles. The fourth-order valence-corrected chi connectivity index (χ4v) is 3.82. The molecule has 2 atom stereocenters. The van der Waals surface area contributed by atoms with Gasteiger partial charge in [-0.25, -0.2) is 4.98 Å². The smallest absolute Gasteiger partial charge is 0.185 e. The second kappa shape index (κ2) is 4.00. The van der Waals surface area contributed by atoms with E-state index in [0.717, 1.165) is 49.1 Å². The van der Waals surface area contributed by atoms with Crippen LogP contribution in [0.2, 0.25) is 0 Å². The van der Waals surface area contributed by atoms with Crippen molar-refractivity contribution < 1.29 is 5.11 Å². The minimum absolute atomic E-state index is 0.311. The highest BCUT2D eigenvalue weighted by molar-refractivity contribution is 7.15. The van der Waals surface area contributed by atoms with Gasteiger partial charge in [-0.05, 0) is 31.6 Å². The molecular weight excluding hydrogens is 220 g/mol. The van der Waals surface area contributed by atoms with E-state index in [1.165, 1.54) is 11.3 Å². The van der Waals surface area contributed by atoms with Crippen LogP contribution in [0.25, 0.3) is 0 Å². The summed E-state index contributed by atoms with van der Waals surface area (Å²) in [5.41, 5.74) is 0.964. The van der Waals surface area contributed by atoms with Crippen LogP contribution in [0, 0.1) is 5.92 Å². The summed E-state index contributed by atoms with van der Waals surface area (Å²) in [6.45, 7) is 4.55. The number of aromatic nitrogens is 1. The van der Waals surface area contributed by atoms with Gasteiger partial charge in [0.2, 0.25) is 0 Å². The lowest BCUT2D eigenvalue weighted by Crippen LogP contribution is -2.18. The minimum Gasteiger partial charge on any atom is -0.387 e. The van der Waals surface area contributed by atoms with Crippen LogP contribution < -0.4 is 4.90 Å². The van der Waals surface area contributed by atoms with Crippen molar-refractivity contribution in [1.29, 1.82) is 0 Å². The number of thiazole rings is 1. The largest absolute Gasteiger partial charge is 0.387 e. The number of rotatable bonds is 1. The van der Waals surface area contributed by atoms with Crippen LogP contribution >= 0.6 is 11.3 Å². The van der Waals surface area contributed by atoms with Gasteiger partial charge in [-0.1, -0.05) is 6.92 Å². The number of aliphatic hydroxyl groups is 1. The third kappa shape index (κ3) is 1.74. The predicted molar refractivity (Wildman–Crippen MR) is 66.0 cm³/mol. The van der Waals surface area contributed by atoms with Gasteiger partial charge in [0.05, 0.1) is 11.8 Å². The van der Waals surface area contributed by atoms with Gasteiger partial charge in [0, 0.05) is 18.0 Å². The van der Waals surface area contributed by atoms with Crippen molar-refractivity contribution in [3.63, 3.8) is 0 Å². The maximum atomic E-state index is 9.90. The Labute approximate surface area is 100 Å². The fraction of sp³-hybridized carbons (Fsp3) is 0.750. The molecule has 88 valence electrons. The molecule has 3 rings (SSSR count). The van der Waals surface area contributed by atoms with E-state index in [1.807, 2.05) is 0 Å². The lowest BCUT2D eigenvalue weighted by molar-refractivity contribution is 0.153. The summed E-state index contributed by atoms with van der Waals surface area (Å²) in [5.74, 6) is 0.783. The summed E-state index contributed by atoms with van der Waals surface area (Å²) in [6, 6.07) is 0. The van der Waals surface area contributed by atoms with Crippen molar-refractivity contribution >= 4 is 16.5 Å². The number of hydrogen-bond acceptors (Lipinski definition) is 4. The Morgan fingerprint density at radius 2 is 2.31 bits per heavy atom. The average Bonchev–Trinajstić information content (AvgIpc) is 2.84. The highest BCUT2D eigenvalue weighted by Gasteiger charge is 2.27. The van der Waals surface area contributed by atoms with Crippen LogP contribution in [0.5, 0.6) is 0 Å². The second-order valence-electron chi connectivity index (χ2n) is 5.05. The molecular formula is C12H18N2OS. The van der Waals surface area contributed by atoms with Gasteiger partial charge in [-0.3, -0.25) is 0 Å². The topological polar surface area (TPSA) is 36.4 Å². The molecule has 3 nitrogen and oxygen atoms in total. The summed E-state index contributed by atoms with van der Waals surface area (Å²) in [4.78, 5) is 8.33. The van der Waals surface area contributed by atoms with Crippen molar-refractivity contribution in [2.75, 3.05) is 18.0 Å². The molecule has 1 aliphatic carbocycles. The summed E-state index contributed by atoms with van der Waals surface area (Å²) in [5, 5.41) is 11.0. The molecule has 1 saturated heterocycles. The Kier molecular flexibility index (Phi) is 2.64. The first kappa shape index (κ1) is 10.5. The molecule has 2 heterocycles. The molecule has 1 aliphatic heterocycles. The van der Waals surface area contributed by atoms with E-state index in [4.69, 9.17) is 0 Å². The molecule has 2 aliphatic rings. The lowest BCUT2D eigenvalue weighted by Gasteiger charge is -2.15. The van der Waals surface area contributed by atoms with Crippen LogP contribution in [0.1, 0.15) is 42.9 Å². The van der Waals surface area contributed by atoms with E-state index in [0.29, 0.717) is 0 Å². The van der Waals surface area contributed by atoms with Crippen molar-refractivity contribution in [3.05, 3.63) is 10.6 Å². The SMILES string of the molecule is CC1CCN(c2nc3c(s2)CCCC3O)C1. The molecule has 0 amide bonds. The Hall–Kier alpha value is -0.610. The third-order valence-corrected chi connectivity index (χ3v) is 4.80. The van der Waals surface area contributed by atoms with Gasteiger partial charge in [-0.15, -0.1) is 11.3 Å². The van der Waals surface area contributed by atoms with Crippen LogP contribution in [0.4, 0.5) is 5.13 Å². The van der Waals surface area contributed by atoms with Gasteiger partial charge >= 0.3 is 0 Å². The van der Waals surface area contributed by atoms with Gasteiger partial charge < -0.3 is 10.0 Å². The molecule has 16 heavy (non-hydrogen) atoms. The van der Waals surface area contributed by atoms with Gasteiger partial charge in [0.25, 0.3) is 0 Å². The number of hydrogen-bond donors (Lipinski definition) is 1. The Morgan fingerprint density at radius 1 is 1.44 bits per heavy atom. The van der Waals surface area contributed by atoms with Crippen molar-refractivity contribution in [2.45, 2.75) is 38.7 Å². The zero-order valence-electron chi connectivity index (χ0n) is 9.65. The highest BCUT2D eigenvalue weighted by atomic mass is 32.1. The number of fused-ring (bicyclic) bond motifs is 1. The first-order valence-electron chi connectivity index (χ1n) is 6.16. The van der Waals surface area contributed by atoms with Crippen LogP contribution in [-0.2, 0) is 6.42 Å². The lowest BCUT2D eigenvalue weighted by atomic mass is 10.0. The van der Waals surface area contributed by atoms with E-state index < -0.39 is 0 Å². The Bertz CT molecular complexity index is 390. The van der Waals surface area contributed by atoms with Crippen molar-refractivity contribution in [1.82, 2.24) is 4.98 Å². The normalized spacial score (nSPS) is 29.5. The number of aryl methyl sites for hydroxylation is 1. The number of nitrogens with zero attached hydrogens (tertiary/aromatic N) is 2. The molecule has 0 saturated carbocycles. The minimum atomic E-state index is -0.311. The summed E-state index contributed by atoms with van der Waals surface area (Å²) >= 11 is 1.79. The van der Waals surface area contributed by atoms with Crippen LogP contribution in [0.15, 0.2) is 0 Å². The van der Waals surface area contributed by atoms with Crippen molar-refractivity contribution in [3.8, 4) is 0 Å². The standard InChI is InChI=1S/C12H18N2OS/c1-8-5-6-14(7-8)12-13-11-9(15)3-2-4-10(11)16-12/h8-9,15H,2-7H2,1H3. The number of aliphatic hydroxyl groups excluding tert-OH is 1. The van der Waals surface area contributed by atoms with Gasteiger partial charge in [0.1, 0.15) is 0 Å². The van der Waals surface area contributed by atoms with E-state index >= 15 is 0 Å². The molecule has 0 radical (unpaired) electrons. The summed E-state index contributed by atoms with van der Waals surface area (Å²) < 4.78 is 0. The van der Waals surface area contributed by atoms with E-state index in [9.17, 15) is 5.11 Å². The first-order chi connectivity index (χ1) is 7.74. The third-order valence-electron chi connectivity index (χ3n) is 3.61.